The van der Waals surface area contributed by atoms with Crippen molar-refractivity contribution in [3.8, 4) is 22.6 Å². The Labute approximate surface area is 119 Å². The average Bonchev–Trinajstić information content (AvgIpc) is 2.40. The first-order chi connectivity index (χ1) is 9.36. The second kappa shape index (κ2) is 5.09. The number of nitrogens with zero attached hydrogens (tertiary/aromatic N) is 2. The predicted molar refractivity (Wildman–Crippen MR) is 79.2 cm³/mol. The van der Waals surface area contributed by atoms with Crippen molar-refractivity contribution in [3.63, 3.8) is 0 Å². The van der Waals surface area contributed by atoms with E-state index in [1.165, 1.54) is 22.4 Å². The molecule has 2 rings (SSSR count). The van der Waals surface area contributed by atoms with Crippen molar-refractivity contribution in [1.29, 1.82) is 0 Å². The quantitative estimate of drug-likeness (QED) is 0.440. The van der Waals surface area contributed by atoms with Gasteiger partial charge in [0, 0.05) is 7.05 Å². The van der Waals surface area contributed by atoms with Crippen LogP contribution in [0.1, 0.15) is 5.56 Å². The first-order valence-electron chi connectivity index (χ1n) is 5.80. The zero-order valence-electron chi connectivity index (χ0n) is 11.3. The van der Waals surface area contributed by atoms with E-state index >= 15 is 0 Å². The van der Waals surface area contributed by atoms with E-state index in [2.05, 4.69) is 4.98 Å². The van der Waals surface area contributed by atoms with E-state index in [-0.39, 0.29) is 28.4 Å². The van der Waals surface area contributed by atoms with Crippen LogP contribution < -0.4 is 11.3 Å². The van der Waals surface area contributed by atoms with Crippen LogP contribution in [0.2, 0.25) is 0 Å². The number of aromatic hydroxyl groups is 2. The minimum Gasteiger partial charge on any atom is -0.504 e. The Morgan fingerprint density at radius 3 is 2.55 bits per heavy atom. The number of hydrogen-bond acceptors (Lipinski definition) is 6. The van der Waals surface area contributed by atoms with E-state index in [9.17, 15) is 15.0 Å². The summed E-state index contributed by atoms with van der Waals surface area (Å²) in [4.78, 5) is 16.5. The maximum atomic E-state index is 12.4. The predicted octanol–water partition coefficient (Wildman–Crippen LogP) is 1.47. The van der Waals surface area contributed by atoms with Crippen LogP contribution in [0.15, 0.2) is 22.1 Å². The van der Waals surface area contributed by atoms with Gasteiger partial charge in [-0.05, 0) is 36.4 Å². The number of nitrogens with two attached hydrogens (primary N) is 1. The van der Waals surface area contributed by atoms with Gasteiger partial charge in [-0.1, -0.05) is 11.8 Å². The van der Waals surface area contributed by atoms with Crippen molar-refractivity contribution in [1.82, 2.24) is 9.55 Å². The molecule has 0 saturated heterocycles. The third kappa shape index (κ3) is 2.20. The average molecular weight is 293 g/mol. The van der Waals surface area contributed by atoms with Crippen molar-refractivity contribution in [2.45, 2.75) is 12.1 Å². The SMILES string of the molecule is CSc1nc(N)c(-c2cc(C)c(O)c(O)c2)c(=O)n1C. The molecule has 0 atom stereocenters. The molecule has 0 fully saturated rings. The topological polar surface area (TPSA) is 101 Å². The van der Waals surface area contributed by atoms with Gasteiger partial charge in [-0.3, -0.25) is 9.36 Å². The van der Waals surface area contributed by atoms with Crippen LogP contribution in [0, 0.1) is 6.92 Å². The van der Waals surface area contributed by atoms with E-state index in [1.54, 1.807) is 26.3 Å². The molecule has 106 valence electrons. The van der Waals surface area contributed by atoms with Gasteiger partial charge in [0.25, 0.3) is 5.56 Å². The molecular formula is C13H15N3O3S. The number of nitrogen functional groups attached to an aromatic ring is 1. The molecule has 0 aliphatic heterocycles. The molecule has 4 N–H and O–H groups in total. The standard InChI is InChI=1S/C13H15N3O3S/c1-6-4-7(5-8(17)10(6)18)9-11(14)15-13(20-3)16(2)12(9)19/h4-5,17-18H,14H2,1-3H3. The van der Waals surface area contributed by atoms with Gasteiger partial charge < -0.3 is 15.9 Å². The van der Waals surface area contributed by atoms with Gasteiger partial charge in [-0.15, -0.1) is 0 Å². The molecule has 0 amide bonds. The van der Waals surface area contributed by atoms with Gasteiger partial charge >= 0.3 is 0 Å². The Morgan fingerprint density at radius 2 is 2.00 bits per heavy atom. The summed E-state index contributed by atoms with van der Waals surface area (Å²) < 4.78 is 1.40. The number of phenolic OH excluding ortho intramolecular Hbond substituents is 2. The molecule has 0 radical (unpaired) electrons. The second-order valence-electron chi connectivity index (χ2n) is 4.38. The number of rotatable bonds is 2. The molecule has 0 saturated carbocycles. The molecule has 0 bridgehead atoms. The molecule has 2 aromatic rings. The molecule has 0 aliphatic rings. The number of hydrogen-bond donors (Lipinski definition) is 3. The summed E-state index contributed by atoms with van der Waals surface area (Å²) in [6.45, 7) is 1.63. The van der Waals surface area contributed by atoms with Crippen LogP contribution >= 0.6 is 11.8 Å². The lowest BCUT2D eigenvalue weighted by atomic mass is 10.0. The Hall–Kier alpha value is -2.15. The maximum Gasteiger partial charge on any atom is 0.263 e. The zero-order chi connectivity index (χ0) is 15.0. The van der Waals surface area contributed by atoms with Gasteiger partial charge in [0.15, 0.2) is 16.7 Å². The third-order valence-electron chi connectivity index (χ3n) is 3.03. The Bertz CT molecular complexity index is 717. The highest BCUT2D eigenvalue weighted by Gasteiger charge is 2.16. The van der Waals surface area contributed by atoms with Crippen LogP contribution in [0.4, 0.5) is 5.82 Å². The van der Waals surface area contributed by atoms with Gasteiger partial charge in [0.2, 0.25) is 0 Å². The third-order valence-corrected chi connectivity index (χ3v) is 3.76. The summed E-state index contributed by atoms with van der Waals surface area (Å²) >= 11 is 1.32. The summed E-state index contributed by atoms with van der Waals surface area (Å²) in [6.07, 6.45) is 1.80. The van der Waals surface area contributed by atoms with Crippen LogP contribution in [0.25, 0.3) is 11.1 Å². The first kappa shape index (κ1) is 14.3. The number of thioether (sulfide) groups is 1. The smallest absolute Gasteiger partial charge is 0.263 e. The second-order valence-corrected chi connectivity index (χ2v) is 5.16. The Kier molecular flexibility index (Phi) is 3.63. The molecule has 0 spiro atoms. The summed E-state index contributed by atoms with van der Waals surface area (Å²) in [5.41, 5.74) is 6.65. The fraction of sp³-hybridized carbons (Fsp3) is 0.231. The van der Waals surface area contributed by atoms with Crippen molar-refractivity contribution in [2.75, 3.05) is 12.0 Å². The zero-order valence-corrected chi connectivity index (χ0v) is 12.2. The summed E-state index contributed by atoms with van der Waals surface area (Å²) in [5, 5.41) is 19.7. The Morgan fingerprint density at radius 1 is 1.35 bits per heavy atom. The maximum absolute atomic E-state index is 12.4. The molecule has 1 heterocycles. The largest absolute Gasteiger partial charge is 0.504 e. The molecule has 7 heteroatoms. The van der Waals surface area contributed by atoms with Gasteiger partial charge in [0.1, 0.15) is 5.82 Å². The van der Waals surface area contributed by atoms with Crippen molar-refractivity contribution in [3.05, 3.63) is 28.0 Å². The number of anilines is 1. The fourth-order valence-corrected chi connectivity index (χ4v) is 2.50. The van der Waals surface area contributed by atoms with Gasteiger partial charge in [-0.25, -0.2) is 4.98 Å². The number of aromatic nitrogens is 2. The lowest BCUT2D eigenvalue weighted by Crippen LogP contribution is -2.23. The number of aryl methyl sites for hydroxylation is 1. The molecule has 0 unspecified atom stereocenters. The minimum atomic E-state index is -0.300. The molecule has 0 aliphatic carbocycles. The monoisotopic (exact) mass is 293 g/mol. The van der Waals surface area contributed by atoms with Crippen LogP contribution in [-0.2, 0) is 7.05 Å². The lowest BCUT2D eigenvalue weighted by molar-refractivity contribution is 0.401. The highest BCUT2D eigenvalue weighted by molar-refractivity contribution is 7.98. The molecule has 6 nitrogen and oxygen atoms in total. The van der Waals surface area contributed by atoms with E-state index in [0.29, 0.717) is 16.3 Å². The van der Waals surface area contributed by atoms with Crippen LogP contribution in [0.5, 0.6) is 11.5 Å². The number of benzene rings is 1. The fourth-order valence-electron chi connectivity index (χ4n) is 1.96. The molecule has 1 aromatic carbocycles. The van der Waals surface area contributed by atoms with Crippen molar-refractivity contribution < 1.29 is 10.2 Å². The highest BCUT2D eigenvalue weighted by atomic mass is 32.2. The summed E-state index contributed by atoms with van der Waals surface area (Å²) in [7, 11) is 1.61. The van der Waals surface area contributed by atoms with E-state index in [4.69, 9.17) is 5.73 Å². The lowest BCUT2D eigenvalue weighted by Gasteiger charge is -2.12. The number of phenols is 2. The minimum absolute atomic E-state index is 0.0990. The highest BCUT2D eigenvalue weighted by Crippen LogP contribution is 2.34. The first-order valence-corrected chi connectivity index (χ1v) is 7.02. The van der Waals surface area contributed by atoms with E-state index in [0.717, 1.165) is 0 Å². The van der Waals surface area contributed by atoms with Crippen LogP contribution in [0.3, 0.4) is 0 Å². The van der Waals surface area contributed by atoms with Gasteiger partial charge in [0.05, 0.1) is 5.56 Å². The normalized spacial score (nSPS) is 10.8. The van der Waals surface area contributed by atoms with Gasteiger partial charge in [-0.2, -0.15) is 0 Å². The Balaban J connectivity index is 2.77. The van der Waals surface area contributed by atoms with E-state index < -0.39 is 0 Å². The molecular weight excluding hydrogens is 278 g/mol. The molecule has 20 heavy (non-hydrogen) atoms. The summed E-state index contributed by atoms with van der Waals surface area (Å²) in [5.74, 6) is -0.407. The van der Waals surface area contributed by atoms with Crippen molar-refractivity contribution >= 4 is 17.6 Å². The van der Waals surface area contributed by atoms with E-state index in [1.807, 2.05) is 0 Å². The van der Waals surface area contributed by atoms with Crippen LogP contribution in [-0.4, -0.2) is 26.0 Å². The molecule has 1 aromatic heterocycles. The summed E-state index contributed by atoms with van der Waals surface area (Å²) in [6, 6.07) is 2.89. The van der Waals surface area contributed by atoms with Crippen molar-refractivity contribution in [2.24, 2.45) is 7.05 Å².